The molecule has 0 saturated carbocycles. The van der Waals surface area contributed by atoms with Crippen molar-refractivity contribution in [2.45, 2.75) is 52.2 Å². The summed E-state index contributed by atoms with van der Waals surface area (Å²) >= 11 is 0. The average molecular weight is 428 g/mol. The maximum atomic E-state index is 14.1. The van der Waals surface area contributed by atoms with Crippen LogP contribution in [0.5, 0.6) is 0 Å². The largest absolute Gasteiger partial charge is 0.348 e. The minimum absolute atomic E-state index is 0.0314. The minimum Gasteiger partial charge on any atom is -0.348 e. The number of pyridine rings is 1. The molecule has 1 amide bonds. The Hall–Kier alpha value is -3.41. The number of carbonyl (C=O) groups excluding carboxylic acids is 1. The fourth-order valence-corrected chi connectivity index (χ4v) is 4.63. The van der Waals surface area contributed by atoms with Crippen molar-refractivity contribution in [3.63, 3.8) is 0 Å². The van der Waals surface area contributed by atoms with E-state index in [1.165, 1.54) is 0 Å². The second kappa shape index (κ2) is 7.93. The van der Waals surface area contributed by atoms with Gasteiger partial charge in [-0.15, -0.1) is 0 Å². The molecule has 32 heavy (non-hydrogen) atoms. The van der Waals surface area contributed by atoms with Gasteiger partial charge in [-0.05, 0) is 43.5 Å². The van der Waals surface area contributed by atoms with E-state index in [0.29, 0.717) is 12.1 Å². The van der Waals surface area contributed by atoms with Crippen molar-refractivity contribution in [1.82, 2.24) is 24.2 Å². The second-order valence-electron chi connectivity index (χ2n) is 9.11. The van der Waals surface area contributed by atoms with Gasteiger partial charge < -0.3 is 9.47 Å². The molecule has 0 aliphatic carbocycles. The van der Waals surface area contributed by atoms with E-state index in [9.17, 15) is 4.79 Å². The number of carbonyl (C=O) groups is 1. The fraction of sp³-hybridized carbons (Fsp3) is 0.346. The smallest absolute Gasteiger partial charge is 0.255 e. The van der Waals surface area contributed by atoms with Gasteiger partial charge in [0.1, 0.15) is 0 Å². The molecule has 4 heterocycles. The first-order chi connectivity index (χ1) is 15.5. The van der Waals surface area contributed by atoms with Crippen LogP contribution in [0.25, 0.3) is 11.0 Å². The maximum Gasteiger partial charge on any atom is 0.255 e. The lowest BCUT2D eigenvalue weighted by Crippen LogP contribution is -2.42. The van der Waals surface area contributed by atoms with Gasteiger partial charge in [-0.1, -0.05) is 44.2 Å². The third-order valence-corrected chi connectivity index (χ3v) is 6.31. The zero-order valence-electron chi connectivity index (χ0n) is 19.1. The quantitative estimate of drug-likeness (QED) is 0.451. The summed E-state index contributed by atoms with van der Waals surface area (Å²) in [5.41, 5.74) is 4.65. The Balaban J connectivity index is 1.66. The van der Waals surface area contributed by atoms with Gasteiger partial charge in [0.15, 0.2) is 5.65 Å². The van der Waals surface area contributed by atoms with Gasteiger partial charge in [-0.2, -0.15) is 5.10 Å². The molecule has 5 rings (SSSR count). The van der Waals surface area contributed by atoms with Crippen LogP contribution in [0.2, 0.25) is 0 Å². The number of fused-ring (bicyclic) bond motifs is 2. The third-order valence-electron chi connectivity index (χ3n) is 6.31. The molecule has 1 atom stereocenters. The van der Waals surface area contributed by atoms with Crippen LogP contribution in [0.15, 0.2) is 60.9 Å². The van der Waals surface area contributed by atoms with Gasteiger partial charge in [-0.3, -0.25) is 4.79 Å². The van der Waals surface area contributed by atoms with E-state index < -0.39 is 0 Å². The van der Waals surface area contributed by atoms with E-state index >= 15 is 0 Å². The normalized spacial score (nSPS) is 16.2. The highest BCUT2D eigenvalue weighted by Gasteiger charge is 2.34. The summed E-state index contributed by atoms with van der Waals surface area (Å²) in [6.07, 6.45) is 3.89. The van der Waals surface area contributed by atoms with E-state index in [4.69, 9.17) is 4.98 Å². The summed E-state index contributed by atoms with van der Waals surface area (Å²) in [6, 6.07) is 16.5. The molecule has 0 bridgehead atoms. The summed E-state index contributed by atoms with van der Waals surface area (Å²) in [7, 11) is 0. The zero-order valence-corrected chi connectivity index (χ0v) is 19.1. The molecule has 1 aromatic carbocycles. The summed E-state index contributed by atoms with van der Waals surface area (Å²) in [5.74, 6) is 0.244. The number of hydrogen-bond acceptors (Lipinski definition) is 3. The Morgan fingerprint density at radius 1 is 1.03 bits per heavy atom. The van der Waals surface area contributed by atoms with Gasteiger partial charge in [0.2, 0.25) is 0 Å². The van der Waals surface area contributed by atoms with E-state index in [1.807, 2.05) is 33.8 Å². The molecule has 0 saturated heterocycles. The van der Waals surface area contributed by atoms with Crippen molar-refractivity contribution in [2.75, 3.05) is 6.54 Å². The molecule has 0 fully saturated rings. The lowest BCUT2D eigenvalue weighted by atomic mass is 9.98. The fourth-order valence-electron chi connectivity index (χ4n) is 4.63. The Labute approximate surface area is 188 Å². The van der Waals surface area contributed by atoms with Crippen LogP contribution >= 0.6 is 0 Å². The number of hydrogen-bond donors (Lipinski definition) is 0. The predicted octanol–water partition coefficient (Wildman–Crippen LogP) is 5.18. The van der Waals surface area contributed by atoms with Crippen LogP contribution < -0.4 is 0 Å². The van der Waals surface area contributed by atoms with Gasteiger partial charge >= 0.3 is 0 Å². The SMILES string of the molecule is CC(C)c1cc(C(=O)N2CCn3cccc3C2c2ccccc2)c2cnn(C(C)C)c2n1. The molecule has 1 aliphatic heterocycles. The highest BCUT2D eigenvalue weighted by molar-refractivity contribution is 6.06. The van der Waals surface area contributed by atoms with Gasteiger partial charge in [0, 0.05) is 36.7 Å². The van der Waals surface area contributed by atoms with Crippen molar-refractivity contribution >= 4 is 16.9 Å². The van der Waals surface area contributed by atoms with E-state index in [2.05, 4.69) is 67.8 Å². The van der Waals surface area contributed by atoms with Crippen LogP contribution in [0, 0.1) is 0 Å². The first-order valence-electron chi connectivity index (χ1n) is 11.3. The topological polar surface area (TPSA) is 56.0 Å². The number of aromatic nitrogens is 4. The summed E-state index contributed by atoms with van der Waals surface area (Å²) < 4.78 is 4.16. The standard InChI is InChI=1S/C26H29N5O/c1-17(2)22-15-20(21-16-27-31(18(3)4)25(21)28-22)26(32)30-14-13-29-12-8-11-23(29)24(30)19-9-6-5-7-10-19/h5-12,15-18,24H,13-14H2,1-4H3. The molecule has 0 N–H and O–H groups in total. The van der Waals surface area contributed by atoms with Crippen LogP contribution in [-0.2, 0) is 6.54 Å². The molecule has 1 unspecified atom stereocenters. The van der Waals surface area contributed by atoms with Crippen LogP contribution in [0.4, 0.5) is 0 Å². The average Bonchev–Trinajstić information content (AvgIpc) is 3.44. The number of benzene rings is 1. The van der Waals surface area contributed by atoms with E-state index in [-0.39, 0.29) is 23.9 Å². The highest BCUT2D eigenvalue weighted by Crippen LogP contribution is 2.35. The van der Waals surface area contributed by atoms with Crippen LogP contribution in [0.3, 0.4) is 0 Å². The summed E-state index contributed by atoms with van der Waals surface area (Å²) in [4.78, 5) is 21.0. The Morgan fingerprint density at radius 3 is 2.53 bits per heavy atom. The molecular weight excluding hydrogens is 398 g/mol. The van der Waals surface area contributed by atoms with Gasteiger partial charge in [0.05, 0.1) is 23.2 Å². The Bertz CT molecular complexity index is 1270. The lowest BCUT2D eigenvalue weighted by molar-refractivity contribution is 0.0666. The van der Waals surface area contributed by atoms with E-state index in [0.717, 1.165) is 34.5 Å². The number of rotatable bonds is 4. The summed E-state index contributed by atoms with van der Waals surface area (Å²) in [5, 5.41) is 5.39. The highest BCUT2D eigenvalue weighted by atomic mass is 16.2. The number of amides is 1. The predicted molar refractivity (Wildman–Crippen MR) is 126 cm³/mol. The minimum atomic E-state index is -0.127. The van der Waals surface area contributed by atoms with Gasteiger partial charge in [-0.25, -0.2) is 9.67 Å². The Kier molecular flexibility index (Phi) is 5.08. The van der Waals surface area contributed by atoms with Crippen molar-refractivity contribution in [3.05, 3.63) is 83.4 Å². The van der Waals surface area contributed by atoms with Crippen LogP contribution in [-0.4, -0.2) is 36.7 Å². The first-order valence-corrected chi connectivity index (χ1v) is 11.3. The molecule has 6 heteroatoms. The number of nitrogens with zero attached hydrogens (tertiary/aromatic N) is 5. The van der Waals surface area contributed by atoms with E-state index in [1.54, 1.807) is 6.20 Å². The maximum absolute atomic E-state index is 14.1. The first kappa shape index (κ1) is 20.5. The summed E-state index contributed by atoms with van der Waals surface area (Å²) in [6.45, 7) is 9.83. The molecule has 4 aromatic rings. The van der Waals surface area contributed by atoms with Crippen molar-refractivity contribution < 1.29 is 4.79 Å². The Morgan fingerprint density at radius 2 is 1.81 bits per heavy atom. The molecule has 1 aliphatic rings. The molecule has 3 aromatic heterocycles. The molecule has 164 valence electrons. The molecule has 0 spiro atoms. The monoisotopic (exact) mass is 427 g/mol. The second-order valence-corrected chi connectivity index (χ2v) is 9.11. The third kappa shape index (κ3) is 3.30. The van der Waals surface area contributed by atoms with Gasteiger partial charge in [0.25, 0.3) is 5.91 Å². The lowest BCUT2D eigenvalue weighted by Gasteiger charge is -2.37. The molecular formula is C26H29N5O. The zero-order chi connectivity index (χ0) is 22.4. The van der Waals surface area contributed by atoms with Crippen molar-refractivity contribution in [3.8, 4) is 0 Å². The van der Waals surface area contributed by atoms with Crippen LogP contribution in [0.1, 0.15) is 73.0 Å². The molecule has 6 nitrogen and oxygen atoms in total. The van der Waals surface area contributed by atoms with Crippen molar-refractivity contribution in [1.29, 1.82) is 0 Å². The van der Waals surface area contributed by atoms with Crippen molar-refractivity contribution in [2.24, 2.45) is 0 Å². The molecule has 0 radical (unpaired) electrons.